The minimum Gasteiger partial charge on any atom is -0.478 e. The molecule has 18 heteroatoms. The highest BCUT2D eigenvalue weighted by molar-refractivity contribution is 6.33. The molecule has 1 atom stereocenters. The molecule has 5 aliphatic rings. The number of anilines is 4. The molecule has 0 radical (unpaired) electrons. The van der Waals surface area contributed by atoms with Gasteiger partial charge < -0.3 is 34.6 Å². The summed E-state index contributed by atoms with van der Waals surface area (Å²) in [5.74, 6) is -0.176. The average Bonchev–Trinajstić information content (AvgIpc) is 3.57. The number of rotatable bonds is 11. The number of hydrogen-bond donors (Lipinski definition) is 3. The van der Waals surface area contributed by atoms with Crippen molar-refractivity contribution in [3.63, 3.8) is 0 Å². The van der Waals surface area contributed by atoms with Crippen LogP contribution in [-0.4, -0.2) is 113 Å². The fourth-order valence-electron chi connectivity index (χ4n) is 10.2. The van der Waals surface area contributed by atoms with Crippen LogP contribution in [0.25, 0.3) is 10.9 Å². The number of halogens is 2. The van der Waals surface area contributed by atoms with E-state index in [1.54, 1.807) is 22.9 Å². The van der Waals surface area contributed by atoms with Crippen molar-refractivity contribution >= 4 is 69.3 Å². The van der Waals surface area contributed by atoms with E-state index in [4.69, 9.17) is 21.3 Å². The van der Waals surface area contributed by atoms with Gasteiger partial charge in [-0.05, 0) is 99.2 Å². The van der Waals surface area contributed by atoms with E-state index < -0.39 is 17.8 Å². The smallest absolute Gasteiger partial charge is 0.293 e. The Labute approximate surface area is 369 Å². The molecule has 1 aliphatic carbocycles. The molecule has 3 N–H and O–H groups in total. The van der Waals surface area contributed by atoms with Gasteiger partial charge in [0.15, 0.2) is 18.2 Å². The van der Waals surface area contributed by atoms with E-state index in [9.17, 15) is 24.0 Å². The summed E-state index contributed by atoms with van der Waals surface area (Å²) in [4.78, 5) is 80.0. The Balaban J connectivity index is 0.766. The lowest BCUT2D eigenvalue weighted by atomic mass is 9.57. The number of piperidine rings is 2. The van der Waals surface area contributed by atoms with E-state index >= 15 is 4.39 Å². The minimum absolute atomic E-state index is 0.0888. The number of amides is 4. The Bertz CT molecular complexity index is 2550. The first-order chi connectivity index (χ1) is 30.3. The predicted octanol–water partition coefficient (Wildman–Crippen LogP) is 4.61. The number of likely N-dealkylation sites (N-methyl/N-ethyl adjacent to an activating group) is 1. The second-order valence-electron chi connectivity index (χ2n) is 17.9. The van der Waals surface area contributed by atoms with E-state index in [0.29, 0.717) is 39.6 Å². The van der Waals surface area contributed by atoms with Gasteiger partial charge in [0, 0.05) is 88.5 Å². The van der Waals surface area contributed by atoms with Crippen LogP contribution in [-0.2, 0) is 20.9 Å². The molecule has 4 fully saturated rings. The lowest BCUT2D eigenvalue weighted by Gasteiger charge is -2.54. The molecule has 4 aromatic rings. The van der Waals surface area contributed by atoms with Crippen LogP contribution in [0, 0.1) is 17.2 Å². The zero-order valence-electron chi connectivity index (χ0n) is 35.7. The third kappa shape index (κ3) is 8.40. The predicted molar refractivity (Wildman–Crippen MR) is 236 cm³/mol. The number of carbonyl (C=O) groups excluding carboxylic acids is 4. The van der Waals surface area contributed by atoms with E-state index in [0.717, 1.165) is 88.0 Å². The third-order valence-corrected chi connectivity index (χ3v) is 13.8. The van der Waals surface area contributed by atoms with Gasteiger partial charge in [0.05, 0.1) is 17.4 Å². The van der Waals surface area contributed by atoms with Gasteiger partial charge >= 0.3 is 0 Å². The van der Waals surface area contributed by atoms with Gasteiger partial charge in [0.25, 0.3) is 17.4 Å². The van der Waals surface area contributed by atoms with Gasteiger partial charge in [-0.15, -0.1) is 0 Å². The van der Waals surface area contributed by atoms with Crippen LogP contribution in [0.1, 0.15) is 74.3 Å². The summed E-state index contributed by atoms with van der Waals surface area (Å²) >= 11 is 6.60. The summed E-state index contributed by atoms with van der Waals surface area (Å²) in [5, 5.41) is 9.28. The van der Waals surface area contributed by atoms with Crippen LogP contribution >= 0.6 is 11.6 Å². The first-order valence-electron chi connectivity index (χ1n) is 21.8. The Morgan fingerprint density at radius 2 is 1.78 bits per heavy atom. The molecule has 1 spiro atoms. The lowest BCUT2D eigenvalue weighted by molar-refractivity contribution is -0.137. The number of nitrogens with zero attached hydrogens (tertiary/aromatic N) is 7. The Morgan fingerprint density at radius 3 is 2.49 bits per heavy atom. The molecule has 6 heterocycles. The van der Waals surface area contributed by atoms with Crippen molar-refractivity contribution in [3.05, 3.63) is 74.9 Å². The van der Waals surface area contributed by atoms with Gasteiger partial charge in [0.1, 0.15) is 16.9 Å². The van der Waals surface area contributed by atoms with Crippen molar-refractivity contribution in [1.82, 2.24) is 35.0 Å². The van der Waals surface area contributed by atoms with E-state index in [1.807, 2.05) is 32.0 Å². The molecule has 0 bridgehead atoms. The number of piperazine rings is 1. The SMILES string of the molecule is CNC(=O)COc1cc2cc(Nc3nc(N4CCN(CC5CC6(CCN(c7cc8c(cc7F)C(=O)N(C7CCC(=O)NC7=O)C8)CC6)C5)CC4)ncc3Cl)ccc2n(C(C)C)c1=O. The molecular weight excluding hydrogens is 831 g/mol. The van der Waals surface area contributed by atoms with Gasteiger partial charge in [-0.3, -0.25) is 34.2 Å². The number of ether oxygens (including phenoxy) is 1. The number of carbonyl (C=O) groups is 4. The standard InChI is InChI=1S/C45H52ClFN10O6/c1-26(2)57-34-5-4-30(16-28(34)18-37(43(57)62)63-25-39(59)48-3)50-40-32(46)22-49-44(52-40)55-14-12-53(13-15-55)23-27-20-45(21-27)8-10-54(11-9-45)36-17-29-24-56(42(61)31(29)19-33(36)47)35-6-7-38(58)51-41(35)60/h4-5,16-19,22,26-27,35H,6-15,20-21,23-25H2,1-3H3,(H,48,59)(H,49,50,52)(H,51,58,60). The maximum absolute atomic E-state index is 15.5. The van der Waals surface area contributed by atoms with Crippen LogP contribution in [0.5, 0.6) is 5.75 Å². The molecule has 2 aromatic heterocycles. The topological polar surface area (TPSA) is 174 Å². The summed E-state index contributed by atoms with van der Waals surface area (Å²) < 4.78 is 22.8. The molecule has 2 aromatic carbocycles. The Kier molecular flexibility index (Phi) is 11.5. The van der Waals surface area contributed by atoms with Gasteiger partial charge in [-0.25, -0.2) is 9.37 Å². The Hall–Kier alpha value is -5.81. The van der Waals surface area contributed by atoms with E-state index in [2.05, 4.69) is 35.6 Å². The molecule has 16 nitrogen and oxygen atoms in total. The largest absolute Gasteiger partial charge is 0.478 e. The fraction of sp³-hybridized carbons (Fsp3) is 0.489. The highest BCUT2D eigenvalue weighted by Crippen LogP contribution is 2.53. The van der Waals surface area contributed by atoms with Crippen LogP contribution in [0.15, 0.2) is 47.4 Å². The number of aromatic nitrogens is 3. The molecular formula is C45H52ClFN10O6. The zero-order chi connectivity index (χ0) is 44.2. The van der Waals surface area contributed by atoms with Crippen LogP contribution in [0.3, 0.4) is 0 Å². The number of nitrogens with one attached hydrogen (secondary N) is 3. The van der Waals surface area contributed by atoms with Gasteiger partial charge in [-0.1, -0.05) is 11.6 Å². The van der Waals surface area contributed by atoms with Crippen LogP contribution < -0.4 is 36.0 Å². The molecule has 9 rings (SSSR count). The monoisotopic (exact) mass is 882 g/mol. The summed E-state index contributed by atoms with van der Waals surface area (Å²) in [7, 11) is 1.51. The quantitative estimate of drug-likeness (QED) is 0.179. The molecule has 63 heavy (non-hydrogen) atoms. The highest BCUT2D eigenvalue weighted by Gasteiger charge is 2.47. The number of pyridine rings is 1. The number of hydrogen-bond acceptors (Lipinski definition) is 12. The summed E-state index contributed by atoms with van der Waals surface area (Å²) in [5.41, 5.74) is 2.93. The number of benzene rings is 2. The van der Waals surface area contributed by atoms with Crippen molar-refractivity contribution in [2.24, 2.45) is 11.3 Å². The summed E-state index contributed by atoms with van der Waals surface area (Å²) in [6.45, 7) is 9.67. The third-order valence-electron chi connectivity index (χ3n) is 13.5. The van der Waals surface area contributed by atoms with Crippen molar-refractivity contribution in [1.29, 1.82) is 0 Å². The number of fused-ring (bicyclic) bond motifs is 2. The zero-order valence-corrected chi connectivity index (χ0v) is 36.5. The fourth-order valence-corrected chi connectivity index (χ4v) is 10.3. The van der Waals surface area contributed by atoms with Crippen molar-refractivity contribution in [2.75, 3.05) is 74.6 Å². The van der Waals surface area contributed by atoms with Gasteiger partial charge in [-0.2, -0.15) is 4.98 Å². The van der Waals surface area contributed by atoms with Crippen molar-refractivity contribution in [2.45, 2.75) is 71.0 Å². The van der Waals surface area contributed by atoms with Crippen molar-refractivity contribution in [3.8, 4) is 5.75 Å². The van der Waals surface area contributed by atoms with Crippen LogP contribution in [0.2, 0.25) is 5.02 Å². The summed E-state index contributed by atoms with van der Waals surface area (Å²) in [6.07, 6.45) is 6.36. The summed E-state index contributed by atoms with van der Waals surface area (Å²) in [6, 6.07) is 9.51. The van der Waals surface area contributed by atoms with E-state index in [1.165, 1.54) is 18.0 Å². The number of imide groups is 1. The molecule has 1 saturated carbocycles. The second-order valence-corrected chi connectivity index (χ2v) is 18.3. The van der Waals surface area contributed by atoms with Gasteiger partial charge in [0.2, 0.25) is 17.8 Å². The lowest BCUT2D eigenvalue weighted by Crippen LogP contribution is -2.53. The van der Waals surface area contributed by atoms with Crippen molar-refractivity contribution < 1.29 is 28.3 Å². The molecule has 4 aliphatic heterocycles. The highest BCUT2D eigenvalue weighted by atomic mass is 35.5. The second kappa shape index (κ2) is 17.1. The molecule has 4 amide bonds. The first-order valence-corrected chi connectivity index (χ1v) is 22.2. The minimum atomic E-state index is -0.728. The molecule has 1 unspecified atom stereocenters. The normalized spacial score (nSPS) is 20.3. The maximum Gasteiger partial charge on any atom is 0.293 e. The van der Waals surface area contributed by atoms with Crippen LogP contribution in [0.4, 0.5) is 27.5 Å². The Morgan fingerprint density at radius 1 is 1.02 bits per heavy atom. The molecule has 332 valence electrons. The maximum atomic E-state index is 15.5. The first kappa shape index (κ1) is 42.5. The van der Waals surface area contributed by atoms with E-state index in [-0.39, 0.29) is 66.5 Å². The average molecular weight is 883 g/mol. The molecule has 3 saturated heterocycles.